The summed E-state index contributed by atoms with van der Waals surface area (Å²) in [7, 11) is 0. The van der Waals surface area contributed by atoms with Crippen LogP contribution >= 0.6 is 0 Å². The van der Waals surface area contributed by atoms with E-state index in [4.69, 9.17) is 19.3 Å². The van der Waals surface area contributed by atoms with Crippen LogP contribution in [0, 0.1) is 11.8 Å². The summed E-state index contributed by atoms with van der Waals surface area (Å²) in [6, 6.07) is 0. The molecule has 9 atom stereocenters. The van der Waals surface area contributed by atoms with Gasteiger partial charge in [0.2, 0.25) is 0 Å². The van der Waals surface area contributed by atoms with Crippen molar-refractivity contribution in [3.8, 4) is 0 Å². The van der Waals surface area contributed by atoms with E-state index >= 15 is 0 Å². The van der Waals surface area contributed by atoms with Crippen molar-refractivity contribution in [3.05, 3.63) is 0 Å². The molecule has 0 amide bonds. The SMILES string of the molecule is CC1O[C@H](OC2CO[C@@H](CO)[C@@H](O)C2O)C(O)[C@H](C)C1C. The normalized spacial score (nSPS) is 51.9. The monoisotopic (exact) mass is 306 g/mol. The molecule has 124 valence electrons. The highest BCUT2D eigenvalue weighted by Gasteiger charge is 2.44. The minimum atomic E-state index is -1.23. The molecule has 4 N–H and O–H groups in total. The number of rotatable bonds is 3. The minimum absolute atomic E-state index is 0.00415. The van der Waals surface area contributed by atoms with Crippen LogP contribution in [0.1, 0.15) is 20.8 Å². The summed E-state index contributed by atoms with van der Waals surface area (Å²) in [6.45, 7) is 5.49. The largest absolute Gasteiger partial charge is 0.394 e. The molecule has 0 radical (unpaired) electrons. The highest BCUT2D eigenvalue weighted by Crippen LogP contribution is 2.32. The Labute approximate surface area is 124 Å². The van der Waals surface area contributed by atoms with E-state index in [2.05, 4.69) is 0 Å². The van der Waals surface area contributed by atoms with E-state index in [1.807, 2.05) is 20.8 Å². The third-order valence-corrected chi connectivity index (χ3v) is 4.81. The smallest absolute Gasteiger partial charge is 0.184 e. The van der Waals surface area contributed by atoms with Crippen LogP contribution in [-0.4, -0.2) is 76.6 Å². The summed E-state index contributed by atoms with van der Waals surface area (Å²) in [5, 5.41) is 39.1. The van der Waals surface area contributed by atoms with Crippen molar-refractivity contribution in [1.82, 2.24) is 0 Å². The van der Waals surface area contributed by atoms with Crippen molar-refractivity contribution in [3.63, 3.8) is 0 Å². The van der Waals surface area contributed by atoms with Crippen LogP contribution in [-0.2, 0) is 14.2 Å². The Bertz CT molecular complexity index is 339. The zero-order valence-electron chi connectivity index (χ0n) is 12.6. The molecule has 2 fully saturated rings. The van der Waals surface area contributed by atoms with Crippen LogP contribution in [0.5, 0.6) is 0 Å². The van der Waals surface area contributed by atoms with Crippen molar-refractivity contribution in [1.29, 1.82) is 0 Å². The van der Waals surface area contributed by atoms with Crippen molar-refractivity contribution < 1.29 is 34.6 Å². The van der Waals surface area contributed by atoms with Gasteiger partial charge in [-0.15, -0.1) is 0 Å². The molecule has 0 saturated carbocycles. The van der Waals surface area contributed by atoms with Crippen molar-refractivity contribution in [2.45, 2.75) is 63.7 Å². The predicted octanol–water partition coefficient (Wildman–Crippen LogP) is -1.14. The van der Waals surface area contributed by atoms with Crippen LogP contribution in [0.25, 0.3) is 0 Å². The maximum absolute atomic E-state index is 10.2. The average molecular weight is 306 g/mol. The lowest BCUT2D eigenvalue weighted by atomic mass is 9.84. The second kappa shape index (κ2) is 6.87. The fraction of sp³-hybridized carbons (Fsp3) is 1.00. The average Bonchev–Trinajstić information content (AvgIpc) is 2.47. The van der Waals surface area contributed by atoms with Gasteiger partial charge in [-0.25, -0.2) is 0 Å². The Hall–Kier alpha value is -0.280. The molecular weight excluding hydrogens is 280 g/mol. The number of aliphatic hydroxyl groups excluding tert-OH is 4. The van der Waals surface area contributed by atoms with Crippen LogP contribution < -0.4 is 0 Å². The molecule has 0 aromatic heterocycles. The van der Waals surface area contributed by atoms with Crippen LogP contribution in [0.15, 0.2) is 0 Å². The van der Waals surface area contributed by atoms with E-state index in [1.165, 1.54) is 0 Å². The quantitative estimate of drug-likeness (QED) is 0.522. The van der Waals surface area contributed by atoms with Gasteiger partial charge in [-0.05, 0) is 18.8 Å². The van der Waals surface area contributed by atoms with Gasteiger partial charge >= 0.3 is 0 Å². The molecule has 5 unspecified atom stereocenters. The standard InChI is InChI=1S/C14H26O7/c1-6-7(2)11(16)14(20-8(6)3)21-10-5-19-9(4-15)12(17)13(10)18/h6-18H,4-5H2,1-3H3/t6?,7-,8?,9+,10?,11?,12-,13?,14-/m1/s1. The van der Waals surface area contributed by atoms with Gasteiger partial charge in [0.1, 0.15) is 30.5 Å². The Morgan fingerprint density at radius 2 is 1.67 bits per heavy atom. The van der Waals surface area contributed by atoms with Gasteiger partial charge < -0.3 is 34.6 Å². The van der Waals surface area contributed by atoms with E-state index in [1.54, 1.807) is 0 Å². The van der Waals surface area contributed by atoms with Crippen LogP contribution in [0.3, 0.4) is 0 Å². The topological polar surface area (TPSA) is 109 Å². The summed E-state index contributed by atoms with van der Waals surface area (Å²) in [6.07, 6.45) is -5.82. The predicted molar refractivity (Wildman–Crippen MR) is 72.4 cm³/mol. The molecule has 2 saturated heterocycles. The first kappa shape index (κ1) is 17.1. The first-order valence-corrected chi connectivity index (χ1v) is 7.44. The molecule has 0 aliphatic carbocycles. The molecule has 0 spiro atoms. The summed E-state index contributed by atoms with van der Waals surface area (Å²) in [4.78, 5) is 0. The van der Waals surface area contributed by atoms with E-state index < -0.39 is 36.8 Å². The van der Waals surface area contributed by atoms with E-state index in [-0.39, 0.29) is 31.2 Å². The Morgan fingerprint density at radius 1 is 1.00 bits per heavy atom. The summed E-state index contributed by atoms with van der Waals surface area (Å²) >= 11 is 0. The lowest BCUT2D eigenvalue weighted by Crippen LogP contribution is -2.58. The first-order chi connectivity index (χ1) is 9.86. The Balaban J connectivity index is 1.98. The zero-order valence-corrected chi connectivity index (χ0v) is 12.6. The van der Waals surface area contributed by atoms with E-state index in [9.17, 15) is 15.3 Å². The molecule has 2 rings (SSSR count). The third kappa shape index (κ3) is 3.39. The van der Waals surface area contributed by atoms with Gasteiger partial charge in [0.25, 0.3) is 0 Å². The molecule has 7 nitrogen and oxygen atoms in total. The lowest BCUT2D eigenvalue weighted by molar-refractivity contribution is -0.311. The lowest BCUT2D eigenvalue weighted by Gasteiger charge is -2.44. The fourth-order valence-electron chi connectivity index (χ4n) is 2.82. The van der Waals surface area contributed by atoms with Crippen LogP contribution in [0.2, 0.25) is 0 Å². The molecule has 7 heteroatoms. The van der Waals surface area contributed by atoms with Crippen molar-refractivity contribution in [2.75, 3.05) is 13.2 Å². The number of ether oxygens (including phenoxy) is 3. The van der Waals surface area contributed by atoms with Crippen LogP contribution in [0.4, 0.5) is 0 Å². The minimum Gasteiger partial charge on any atom is -0.394 e. The first-order valence-electron chi connectivity index (χ1n) is 7.44. The second-order valence-corrected chi connectivity index (χ2v) is 6.13. The molecule has 0 bridgehead atoms. The Kier molecular flexibility index (Phi) is 5.59. The molecule has 2 aliphatic rings. The Morgan fingerprint density at radius 3 is 2.29 bits per heavy atom. The molecule has 0 aromatic carbocycles. The van der Waals surface area contributed by atoms with Crippen molar-refractivity contribution >= 4 is 0 Å². The summed E-state index contributed by atoms with van der Waals surface area (Å²) in [5.74, 6) is 0.187. The zero-order chi connectivity index (χ0) is 15.7. The molecule has 2 aliphatic heterocycles. The molecule has 2 heterocycles. The number of hydrogen-bond donors (Lipinski definition) is 4. The number of aliphatic hydroxyl groups is 4. The molecule has 0 aromatic rings. The summed E-state index contributed by atoms with van der Waals surface area (Å²) in [5.41, 5.74) is 0. The second-order valence-electron chi connectivity index (χ2n) is 6.13. The molecule has 21 heavy (non-hydrogen) atoms. The van der Waals surface area contributed by atoms with E-state index in [0.717, 1.165) is 0 Å². The maximum Gasteiger partial charge on any atom is 0.184 e. The summed E-state index contributed by atoms with van der Waals surface area (Å²) < 4.78 is 16.5. The number of hydrogen-bond acceptors (Lipinski definition) is 7. The van der Waals surface area contributed by atoms with Gasteiger partial charge in [-0.1, -0.05) is 13.8 Å². The third-order valence-electron chi connectivity index (χ3n) is 4.81. The van der Waals surface area contributed by atoms with Gasteiger partial charge in [0, 0.05) is 0 Å². The van der Waals surface area contributed by atoms with Gasteiger partial charge in [0.05, 0.1) is 19.3 Å². The maximum atomic E-state index is 10.2. The van der Waals surface area contributed by atoms with Gasteiger partial charge in [0.15, 0.2) is 6.29 Å². The fourth-order valence-corrected chi connectivity index (χ4v) is 2.82. The highest BCUT2D eigenvalue weighted by molar-refractivity contribution is 4.89. The molecular formula is C14H26O7. The van der Waals surface area contributed by atoms with E-state index in [0.29, 0.717) is 0 Å². The highest BCUT2D eigenvalue weighted by atomic mass is 16.7. The van der Waals surface area contributed by atoms with Gasteiger partial charge in [-0.3, -0.25) is 0 Å². The van der Waals surface area contributed by atoms with Gasteiger partial charge in [-0.2, -0.15) is 0 Å². The van der Waals surface area contributed by atoms with Crippen molar-refractivity contribution in [2.24, 2.45) is 11.8 Å².